The van der Waals surface area contributed by atoms with Crippen LogP contribution in [0, 0.1) is 5.92 Å². The third-order valence-electron chi connectivity index (χ3n) is 5.21. The van der Waals surface area contributed by atoms with E-state index in [2.05, 4.69) is 5.32 Å². The lowest BCUT2D eigenvalue weighted by Crippen LogP contribution is -2.60. The van der Waals surface area contributed by atoms with Crippen LogP contribution in [0.25, 0.3) is 0 Å². The van der Waals surface area contributed by atoms with Crippen molar-refractivity contribution in [2.75, 3.05) is 33.2 Å². The van der Waals surface area contributed by atoms with E-state index < -0.39 is 46.9 Å². The summed E-state index contributed by atoms with van der Waals surface area (Å²) in [5.74, 6) is -4.59. The molecule has 0 radical (unpaired) electrons. The Morgan fingerprint density at radius 1 is 1.29 bits per heavy atom. The summed E-state index contributed by atoms with van der Waals surface area (Å²) in [4.78, 5) is 20.5. The first-order chi connectivity index (χ1) is 14.0. The van der Waals surface area contributed by atoms with Crippen LogP contribution in [0.2, 0.25) is 6.32 Å². The van der Waals surface area contributed by atoms with Gasteiger partial charge >= 0.3 is 25.2 Å². The normalized spacial score (nSPS) is 25.0. The quantitative estimate of drug-likeness (QED) is 0.207. The molecule has 2 heterocycles. The number of halogens is 3. The van der Waals surface area contributed by atoms with E-state index in [1.165, 1.54) is 11.4 Å². The molecule has 0 aromatic carbocycles. The average Bonchev–Trinajstić information content (AvgIpc) is 2.92. The minimum Gasteiger partial charge on any atom is -0.480 e. The van der Waals surface area contributed by atoms with E-state index in [0.29, 0.717) is 25.9 Å². The van der Waals surface area contributed by atoms with Crippen LogP contribution in [0.5, 0.6) is 0 Å². The van der Waals surface area contributed by atoms with Gasteiger partial charge in [0.05, 0.1) is 6.04 Å². The van der Waals surface area contributed by atoms with Crippen LogP contribution in [-0.4, -0.2) is 107 Å². The van der Waals surface area contributed by atoms with Crippen LogP contribution in [0.3, 0.4) is 0 Å². The summed E-state index contributed by atoms with van der Waals surface area (Å²) < 4.78 is 59.5. The van der Waals surface area contributed by atoms with Gasteiger partial charge in [-0.3, -0.25) is 4.79 Å². The van der Waals surface area contributed by atoms with E-state index in [1.807, 2.05) is 0 Å². The smallest absolute Gasteiger partial charge is 0.480 e. The van der Waals surface area contributed by atoms with Gasteiger partial charge < -0.3 is 31.3 Å². The fraction of sp³-hybridized carbons (Fsp3) is 0.857. The number of aliphatic carboxylic acids is 2. The zero-order valence-electron chi connectivity index (χ0n) is 16.6. The minimum absolute atomic E-state index is 0.0111. The standard InChI is InChI=1S/C12H25BN4O6S.C2HF3O2/c1-16(10-5-15-6-10)24(22,23)17-7-9(3-2-4-13(20)21)12(14,8-17)11(18)19;3-2(4,5)1(6)7/h9-10,15,20-21H,2-8,14H2,1H3,(H,18,19);(H,6,7)/t9-,12-;/m1./s1. The van der Waals surface area contributed by atoms with Gasteiger partial charge in [0, 0.05) is 39.1 Å². The highest BCUT2D eigenvalue weighted by molar-refractivity contribution is 7.86. The highest BCUT2D eigenvalue weighted by Crippen LogP contribution is 2.33. The zero-order chi connectivity index (χ0) is 24.2. The number of nitrogens with two attached hydrogens (primary N) is 1. The van der Waals surface area contributed by atoms with E-state index in [4.69, 9.17) is 25.7 Å². The van der Waals surface area contributed by atoms with Crippen molar-refractivity contribution < 1.29 is 51.4 Å². The van der Waals surface area contributed by atoms with Crippen LogP contribution in [0.1, 0.15) is 12.8 Å². The molecule has 2 rings (SSSR count). The van der Waals surface area contributed by atoms with Gasteiger partial charge in [-0.25, -0.2) is 4.79 Å². The fourth-order valence-electron chi connectivity index (χ4n) is 3.11. The molecule has 17 heteroatoms. The molecule has 180 valence electrons. The second-order valence-electron chi connectivity index (χ2n) is 7.39. The van der Waals surface area contributed by atoms with Gasteiger partial charge in [0.2, 0.25) is 0 Å². The maximum atomic E-state index is 12.7. The number of hydrogen-bond donors (Lipinski definition) is 6. The van der Waals surface area contributed by atoms with Crippen molar-refractivity contribution in [2.24, 2.45) is 11.7 Å². The Morgan fingerprint density at radius 3 is 2.16 bits per heavy atom. The number of alkyl halides is 3. The number of carboxylic acid groups (broad SMARTS) is 2. The largest absolute Gasteiger partial charge is 0.490 e. The molecule has 12 nitrogen and oxygen atoms in total. The molecule has 0 spiro atoms. The van der Waals surface area contributed by atoms with Gasteiger partial charge in [0.1, 0.15) is 5.54 Å². The van der Waals surface area contributed by atoms with Gasteiger partial charge in [0.15, 0.2) is 0 Å². The van der Waals surface area contributed by atoms with Crippen LogP contribution in [0.15, 0.2) is 0 Å². The lowest BCUT2D eigenvalue weighted by atomic mass is 9.78. The number of hydrogen-bond acceptors (Lipinski definition) is 8. The van der Waals surface area contributed by atoms with Crippen LogP contribution in [-0.2, 0) is 19.8 Å². The average molecular weight is 478 g/mol. The molecule has 2 aliphatic heterocycles. The van der Waals surface area contributed by atoms with Crippen molar-refractivity contribution in [3.63, 3.8) is 0 Å². The number of carboxylic acids is 2. The first kappa shape index (κ1) is 27.5. The monoisotopic (exact) mass is 478 g/mol. The molecule has 31 heavy (non-hydrogen) atoms. The summed E-state index contributed by atoms with van der Waals surface area (Å²) in [6.45, 7) is 0.848. The van der Waals surface area contributed by atoms with Crippen molar-refractivity contribution in [3.8, 4) is 0 Å². The van der Waals surface area contributed by atoms with E-state index in [0.717, 1.165) is 4.31 Å². The van der Waals surface area contributed by atoms with E-state index in [-0.39, 0.29) is 25.5 Å². The highest BCUT2D eigenvalue weighted by Gasteiger charge is 2.53. The molecular formula is C14H26BF3N4O8S. The molecule has 0 unspecified atom stereocenters. The second kappa shape index (κ2) is 10.4. The number of nitrogens with zero attached hydrogens (tertiary/aromatic N) is 2. The lowest BCUT2D eigenvalue weighted by Gasteiger charge is -2.36. The number of rotatable bonds is 8. The van der Waals surface area contributed by atoms with Crippen molar-refractivity contribution in [1.29, 1.82) is 0 Å². The molecule has 0 saturated carbocycles. The Kier molecular flexibility index (Phi) is 9.25. The summed E-state index contributed by atoms with van der Waals surface area (Å²) in [6.07, 6.45) is -4.33. The van der Waals surface area contributed by atoms with Crippen LogP contribution >= 0.6 is 0 Å². The van der Waals surface area contributed by atoms with Gasteiger partial charge in [0.25, 0.3) is 10.2 Å². The fourth-order valence-corrected chi connectivity index (χ4v) is 4.74. The Hall–Kier alpha value is -1.50. The topological polar surface area (TPSA) is 194 Å². The van der Waals surface area contributed by atoms with Crippen molar-refractivity contribution in [2.45, 2.75) is 36.9 Å². The van der Waals surface area contributed by atoms with E-state index in [9.17, 15) is 31.5 Å². The Balaban J connectivity index is 0.000000592. The van der Waals surface area contributed by atoms with Gasteiger partial charge in [-0.2, -0.15) is 30.2 Å². The van der Waals surface area contributed by atoms with E-state index >= 15 is 0 Å². The molecule has 0 aliphatic carbocycles. The summed E-state index contributed by atoms with van der Waals surface area (Å²) in [6, 6.07) is -0.143. The van der Waals surface area contributed by atoms with Crippen molar-refractivity contribution in [1.82, 2.24) is 13.9 Å². The molecule has 2 saturated heterocycles. The maximum Gasteiger partial charge on any atom is 0.490 e. The molecule has 0 amide bonds. The third-order valence-corrected chi connectivity index (χ3v) is 7.17. The molecular weight excluding hydrogens is 452 g/mol. The predicted octanol–water partition coefficient (Wildman–Crippen LogP) is -2.26. The molecule has 0 aromatic heterocycles. The zero-order valence-corrected chi connectivity index (χ0v) is 17.4. The summed E-state index contributed by atoms with van der Waals surface area (Å²) in [5.41, 5.74) is 4.34. The summed E-state index contributed by atoms with van der Waals surface area (Å²) in [5, 5.41) is 37.4. The number of nitrogens with one attached hydrogen (secondary N) is 1. The van der Waals surface area contributed by atoms with Gasteiger partial charge in [-0.15, -0.1) is 0 Å². The van der Waals surface area contributed by atoms with Gasteiger partial charge in [-0.05, 0) is 12.7 Å². The number of carbonyl (C=O) groups is 2. The second-order valence-corrected chi connectivity index (χ2v) is 9.37. The van der Waals surface area contributed by atoms with Crippen LogP contribution in [0.4, 0.5) is 13.2 Å². The minimum atomic E-state index is -5.08. The maximum absolute atomic E-state index is 12.7. The van der Waals surface area contributed by atoms with Gasteiger partial charge in [-0.1, -0.05) is 6.42 Å². The van der Waals surface area contributed by atoms with Crippen LogP contribution < -0.4 is 11.1 Å². The van der Waals surface area contributed by atoms with E-state index in [1.54, 1.807) is 0 Å². The Labute approximate surface area is 177 Å². The first-order valence-corrected chi connectivity index (χ1v) is 10.6. The lowest BCUT2D eigenvalue weighted by molar-refractivity contribution is -0.192. The highest BCUT2D eigenvalue weighted by atomic mass is 32.2. The molecule has 2 atom stereocenters. The summed E-state index contributed by atoms with van der Waals surface area (Å²) >= 11 is 0. The third kappa shape index (κ3) is 6.99. The first-order valence-electron chi connectivity index (χ1n) is 9.15. The SMILES string of the molecule is CN(C1CNC1)S(=O)(=O)N1C[C@@H](CCCB(O)O)[C@@](N)(C(=O)O)C1.O=C(O)C(F)(F)F. The Morgan fingerprint density at radius 2 is 1.81 bits per heavy atom. The van der Waals surface area contributed by atoms with Crippen molar-refractivity contribution in [3.05, 3.63) is 0 Å². The molecule has 2 fully saturated rings. The predicted molar refractivity (Wildman–Crippen MR) is 101 cm³/mol. The molecule has 0 aromatic rings. The molecule has 2 aliphatic rings. The summed E-state index contributed by atoms with van der Waals surface area (Å²) in [7, 11) is -3.78. The Bertz CT molecular complexity index is 752. The molecule has 7 N–H and O–H groups in total. The van der Waals surface area contributed by atoms with Crippen molar-refractivity contribution >= 4 is 29.3 Å². The molecule has 0 bridgehead atoms. The number of likely N-dealkylation sites (N-methyl/N-ethyl adjacent to an activating group) is 1.